The molecular weight excluding hydrogens is 1210 g/mol. The Morgan fingerprint density at radius 2 is 1.09 bits per heavy atom. The van der Waals surface area contributed by atoms with E-state index in [-0.39, 0.29) is 78.2 Å². The Hall–Kier alpha value is -7.68. The molecule has 95 heavy (non-hydrogen) atoms. The number of aryl methyl sites for hydroxylation is 2. The van der Waals surface area contributed by atoms with Crippen LogP contribution in [0.3, 0.4) is 0 Å². The van der Waals surface area contributed by atoms with Crippen LogP contribution in [0.5, 0.6) is 0 Å². The Kier molecular flexibility index (Phi) is 29.8. The van der Waals surface area contributed by atoms with E-state index in [0.29, 0.717) is 174 Å². The number of nitrogens with zero attached hydrogens (tertiary/aromatic N) is 5. The molecule has 0 bridgehead atoms. The highest BCUT2D eigenvalue weighted by atomic mass is 16.5. The lowest BCUT2D eigenvalue weighted by atomic mass is 9.90. The van der Waals surface area contributed by atoms with E-state index in [0.717, 1.165) is 11.1 Å². The van der Waals surface area contributed by atoms with Crippen molar-refractivity contribution in [1.29, 1.82) is 0 Å². The minimum atomic E-state index is -1.00. The molecule has 0 saturated carbocycles. The largest absolute Gasteiger partial charge is 0.379 e. The topological polar surface area (TPSA) is 310 Å². The Labute approximate surface area is 559 Å². The lowest BCUT2D eigenvalue weighted by Crippen LogP contribution is -2.59. The highest BCUT2D eigenvalue weighted by Gasteiger charge is 2.50. The normalized spacial score (nSPS) is 21.9. The third kappa shape index (κ3) is 21.7. The van der Waals surface area contributed by atoms with Crippen molar-refractivity contribution in [3.63, 3.8) is 0 Å². The molecule has 0 spiro atoms. The fourth-order valence-corrected chi connectivity index (χ4v) is 13.5. The molecular formula is C70H102N14O11. The van der Waals surface area contributed by atoms with Crippen LogP contribution in [0.25, 0.3) is 0 Å². The lowest BCUT2D eigenvalue weighted by molar-refractivity contribution is -0.144. The minimum absolute atomic E-state index is 0.140. The summed E-state index contributed by atoms with van der Waals surface area (Å²) in [6.45, 7) is 8.89. The number of carbonyl (C=O) groups excluding carboxylic acids is 8. The maximum Gasteiger partial charge on any atom is 0.247 e. The van der Waals surface area contributed by atoms with Gasteiger partial charge in [0.2, 0.25) is 47.3 Å². The maximum atomic E-state index is 14.7. The molecule has 9 N–H and O–H groups in total. The van der Waals surface area contributed by atoms with Gasteiger partial charge in [0, 0.05) is 83.0 Å². The zero-order chi connectivity index (χ0) is 67.3. The van der Waals surface area contributed by atoms with E-state index in [9.17, 15) is 38.4 Å². The summed E-state index contributed by atoms with van der Waals surface area (Å²) in [7, 11) is 3.43. The molecule has 4 saturated heterocycles. The van der Waals surface area contributed by atoms with E-state index in [1.54, 1.807) is 40.7 Å². The molecule has 0 radical (unpaired) electrons. The van der Waals surface area contributed by atoms with Crippen molar-refractivity contribution in [3.05, 3.63) is 120 Å². The van der Waals surface area contributed by atoms with E-state index in [2.05, 4.69) is 70.3 Å². The lowest BCUT2D eigenvalue weighted by Gasteiger charge is -2.33. The highest BCUT2D eigenvalue weighted by Crippen LogP contribution is 2.37. The number of hydrogen-bond donors (Lipinski definition) is 9. The van der Waals surface area contributed by atoms with Gasteiger partial charge >= 0.3 is 0 Å². The summed E-state index contributed by atoms with van der Waals surface area (Å²) < 4.78 is 19.0. The van der Waals surface area contributed by atoms with Crippen LogP contribution in [0, 0.1) is 11.8 Å². The number of amides is 8. The molecule has 11 atom stereocenters. The summed E-state index contributed by atoms with van der Waals surface area (Å²) >= 11 is 0. The monoisotopic (exact) mass is 1310 g/mol. The molecule has 25 nitrogen and oxygen atoms in total. The summed E-state index contributed by atoms with van der Waals surface area (Å²) in [5, 5.41) is 36.2. The molecule has 1 aromatic heterocycles. The van der Waals surface area contributed by atoms with Crippen LogP contribution in [-0.2, 0) is 78.6 Å². The Morgan fingerprint density at radius 1 is 0.568 bits per heavy atom. The standard InChI is InChI=1S/C70H102N14O11/c1-5-56(71-3)64(86)78-62-51(34-36-73-44-48-18-10-7-11-19-48)24-27-54-30-32-59(84(54)69(62)91)67(89)77-61(50-22-14-9-15-23-50)68(90)74-35-16-38-93-40-42-95-43-41-94-39-17-37-82-47-53(80-81-82)26-33-60(85)75-46-52-25-28-55-29-31-58(66(88)76-45-49-20-12-8-13-21-49)83(55)70(92)63(52)79-65(87)57(6-2)72-4/h7-15,18-23,47,51-52,54-59,61-63,71-73H,5-6,16-17,24-46H2,1-4H3,(H,74,90)(H,75,85)(H,76,88)(H,77,89)(H,78,86)(H,79,87)/t51-,52-,54+,55+,56+,57+,58+,59+,61+,62+,63+/m1/s1. The molecule has 0 unspecified atom stereocenters. The molecule has 4 aromatic rings. The number of carbonyl (C=O) groups is 8. The first-order chi connectivity index (χ1) is 46.3. The fourth-order valence-electron chi connectivity index (χ4n) is 13.5. The van der Waals surface area contributed by atoms with Gasteiger partial charge in [-0.05, 0) is 127 Å². The van der Waals surface area contributed by atoms with Gasteiger partial charge in [0.05, 0.1) is 44.2 Å². The minimum Gasteiger partial charge on any atom is -0.379 e. The van der Waals surface area contributed by atoms with E-state index < -0.39 is 48.2 Å². The van der Waals surface area contributed by atoms with Crippen molar-refractivity contribution in [2.24, 2.45) is 11.8 Å². The van der Waals surface area contributed by atoms with Gasteiger partial charge in [-0.3, -0.25) is 43.0 Å². The second-order valence-corrected chi connectivity index (χ2v) is 25.3. The van der Waals surface area contributed by atoms with Crippen LogP contribution in [0.1, 0.15) is 132 Å². The Balaban J connectivity index is 0.690. The van der Waals surface area contributed by atoms with Crippen LogP contribution in [0.4, 0.5) is 0 Å². The smallest absolute Gasteiger partial charge is 0.247 e. The number of fused-ring (bicyclic) bond motifs is 2. The van der Waals surface area contributed by atoms with Crippen molar-refractivity contribution in [2.75, 3.05) is 73.4 Å². The number of hydrogen-bond acceptors (Lipinski definition) is 16. The second kappa shape index (κ2) is 38.8. The average Bonchev–Trinajstić information content (AvgIpc) is 1.66. The van der Waals surface area contributed by atoms with Gasteiger partial charge in [0.1, 0.15) is 30.2 Å². The van der Waals surface area contributed by atoms with E-state index in [4.69, 9.17) is 14.2 Å². The molecule has 25 heteroatoms. The van der Waals surface area contributed by atoms with Gasteiger partial charge in [0.15, 0.2) is 0 Å². The molecule has 8 rings (SSSR count). The number of likely N-dealkylation sites (N-methyl/N-ethyl adjacent to an activating group) is 2. The second-order valence-electron chi connectivity index (χ2n) is 25.3. The number of aromatic nitrogens is 3. The van der Waals surface area contributed by atoms with Gasteiger partial charge in [-0.25, -0.2) is 0 Å². The predicted octanol–water partition coefficient (Wildman–Crippen LogP) is 3.13. The molecule has 4 aliphatic heterocycles. The van der Waals surface area contributed by atoms with Crippen LogP contribution >= 0.6 is 0 Å². The number of ether oxygens (including phenoxy) is 3. The van der Waals surface area contributed by atoms with Crippen LogP contribution in [-0.4, -0.2) is 194 Å². The van der Waals surface area contributed by atoms with Crippen molar-refractivity contribution >= 4 is 47.3 Å². The molecule has 8 amide bonds. The summed E-state index contributed by atoms with van der Waals surface area (Å²) in [4.78, 5) is 115. The Bertz CT molecular complexity index is 3050. The number of nitrogens with one attached hydrogen (secondary N) is 9. The third-order valence-electron chi connectivity index (χ3n) is 18.9. The summed E-state index contributed by atoms with van der Waals surface area (Å²) in [5.41, 5.74) is 3.39. The van der Waals surface area contributed by atoms with Gasteiger partial charge in [-0.15, -0.1) is 5.10 Å². The zero-order valence-corrected chi connectivity index (χ0v) is 55.9. The summed E-state index contributed by atoms with van der Waals surface area (Å²) in [5.74, 6) is -2.85. The first-order valence-corrected chi connectivity index (χ1v) is 34.5. The van der Waals surface area contributed by atoms with Crippen LogP contribution in [0.15, 0.2) is 97.2 Å². The van der Waals surface area contributed by atoms with Gasteiger partial charge in [-0.1, -0.05) is 110 Å². The molecule has 5 heterocycles. The van der Waals surface area contributed by atoms with Crippen LogP contribution < -0.4 is 47.9 Å². The van der Waals surface area contributed by atoms with Gasteiger partial charge < -0.3 is 71.9 Å². The molecule has 4 aliphatic rings. The SMILES string of the molecule is CC[C@H](NC)C(=O)N[C@@H]1C(=O)N2[C@@H](CC[C@@H]1CNC(=O)CCc1cn(CCCOCCOCCOCCCNC(=O)[C@@H](NC(=O)[C@@H]3CC[C@@H]4CC[C@H](CCNCc5ccccc5)[C@H](NC(=O)[C@H](CC)NC)C(=O)N43)c3ccccc3)nn1)CC[C@H]2C(=O)NCc1ccccc1. The fraction of sp³-hybridized carbons (Fsp3) is 0.600. The summed E-state index contributed by atoms with van der Waals surface area (Å²) in [6.07, 6.45) is 10.2. The van der Waals surface area contributed by atoms with Crippen LogP contribution in [0.2, 0.25) is 0 Å². The first-order valence-electron chi connectivity index (χ1n) is 34.5. The molecule has 4 fully saturated rings. The van der Waals surface area contributed by atoms with E-state index in [1.165, 1.54) is 0 Å². The predicted molar refractivity (Wildman–Crippen MR) is 357 cm³/mol. The number of rotatable bonds is 39. The van der Waals surface area contributed by atoms with Crippen molar-refractivity contribution in [2.45, 2.75) is 184 Å². The maximum absolute atomic E-state index is 14.7. The third-order valence-corrected chi connectivity index (χ3v) is 18.9. The Morgan fingerprint density at radius 3 is 1.68 bits per heavy atom. The summed E-state index contributed by atoms with van der Waals surface area (Å²) in [6, 6.07) is 23.3. The highest BCUT2D eigenvalue weighted by molar-refractivity contribution is 5.97. The average molecular weight is 1320 g/mol. The van der Waals surface area contributed by atoms with Crippen molar-refractivity contribution < 1.29 is 52.6 Å². The quantitative estimate of drug-likeness (QED) is 0.0290. The molecule has 3 aromatic carbocycles. The van der Waals surface area contributed by atoms with Gasteiger partial charge in [-0.2, -0.15) is 0 Å². The van der Waals surface area contributed by atoms with Gasteiger partial charge in [0.25, 0.3) is 0 Å². The van der Waals surface area contributed by atoms with E-state index >= 15 is 0 Å². The number of benzene rings is 3. The van der Waals surface area contributed by atoms with E-state index in [1.807, 2.05) is 86.8 Å². The zero-order valence-electron chi connectivity index (χ0n) is 55.9. The van der Waals surface area contributed by atoms with Crippen molar-refractivity contribution in [3.8, 4) is 0 Å². The van der Waals surface area contributed by atoms with Crippen molar-refractivity contribution in [1.82, 2.24) is 72.6 Å². The molecule has 0 aliphatic carbocycles. The molecule has 518 valence electrons. The first kappa shape index (κ1) is 73.1.